The molecule has 1 aromatic carbocycles. The molecule has 2 aliphatic rings. The summed E-state index contributed by atoms with van der Waals surface area (Å²) in [6.45, 7) is 5.97. The average molecular weight is 303 g/mol. The van der Waals surface area contributed by atoms with Crippen LogP contribution in [0.2, 0.25) is 0 Å². The molecule has 1 aromatic rings. The molecular weight excluding hydrogens is 278 g/mol. The molecule has 0 bridgehead atoms. The van der Waals surface area contributed by atoms with Gasteiger partial charge in [-0.15, -0.1) is 0 Å². The zero-order valence-corrected chi connectivity index (χ0v) is 14.1. The molecule has 2 unspecified atom stereocenters. The van der Waals surface area contributed by atoms with Crippen LogP contribution in [0.3, 0.4) is 0 Å². The Kier molecular flexibility index (Phi) is 3.56. The highest BCUT2D eigenvalue weighted by molar-refractivity contribution is 5.72. The smallest absolute Gasteiger partial charge is 0.410 e. The van der Waals surface area contributed by atoms with Crippen molar-refractivity contribution in [1.82, 2.24) is 9.80 Å². The van der Waals surface area contributed by atoms with Gasteiger partial charge in [-0.2, -0.15) is 0 Å². The summed E-state index contributed by atoms with van der Waals surface area (Å²) in [5.74, 6) is 0.633. The molecule has 5 nitrogen and oxygen atoms in total. The normalized spacial score (nSPS) is 26.8. The Balaban J connectivity index is 1.92. The highest BCUT2D eigenvalue weighted by Crippen LogP contribution is 2.51. The van der Waals surface area contributed by atoms with Crippen LogP contribution in [-0.2, 0) is 5.41 Å². The number of likely N-dealkylation sites (tertiary alicyclic amines) is 1. The van der Waals surface area contributed by atoms with Crippen molar-refractivity contribution < 1.29 is 9.53 Å². The van der Waals surface area contributed by atoms with Crippen LogP contribution >= 0.6 is 0 Å². The van der Waals surface area contributed by atoms with Gasteiger partial charge in [0.1, 0.15) is 5.75 Å². The Labute approximate surface area is 132 Å². The largest absolute Gasteiger partial charge is 0.414 e. The van der Waals surface area contributed by atoms with Gasteiger partial charge in [0.25, 0.3) is 0 Å². The lowest BCUT2D eigenvalue weighted by atomic mass is 9.81. The standard InChI is InChI=1S/C17H25N3O2/c1-6-18(3)16(21)22-12-7-8-14-13(11-12)17(2)9-10-19(4)15(17)20(14)5/h7-8,11,15H,6,9-10H2,1-5H3. The molecule has 0 aliphatic carbocycles. The second-order valence-corrected chi connectivity index (χ2v) is 6.69. The van der Waals surface area contributed by atoms with Gasteiger partial charge in [0, 0.05) is 38.3 Å². The van der Waals surface area contributed by atoms with E-state index >= 15 is 0 Å². The Morgan fingerprint density at radius 3 is 2.86 bits per heavy atom. The summed E-state index contributed by atoms with van der Waals surface area (Å²) in [6.07, 6.45) is 1.20. The lowest BCUT2D eigenvalue weighted by Crippen LogP contribution is -2.45. The van der Waals surface area contributed by atoms with E-state index < -0.39 is 0 Å². The lowest BCUT2D eigenvalue weighted by molar-refractivity contribution is 0.165. The summed E-state index contributed by atoms with van der Waals surface area (Å²) in [5.41, 5.74) is 2.62. The van der Waals surface area contributed by atoms with Crippen LogP contribution in [0.15, 0.2) is 18.2 Å². The van der Waals surface area contributed by atoms with Gasteiger partial charge in [0.05, 0.1) is 6.17 Å². The summed E-state index contributed by atoms with van der Waals surface area (Å²) in [6, 6.07) is 6.01. The SMILES string of the molecule is CCN(C)C(=O)Oc1ccc2c(c1)C1(C)CCN(C)C1N2C. The minimum Gasteiger partial charge on any atom is -0.410 e. The second-order valence-electron chi connectivity index (χ2n) is 6.69. The molecule has 1 amide bonds. The Hall–Kier alpha value is -1.75. The van der Waals surface area contributed by atoms with Crippen LogP contribution < -0.4 is 9.64 Å². The zero-order valence-electron chi connectivity index (χ0n) is 14.1. The molecule has 2 heterocycles. The molecule has 5 heteroatoms. The number of ether oxygens (including phenoxy) is 1. The van der Waals surface area contributed by atoms with E-state index in [1.54, 1.807) is 11.9 Å². The minimum absolute atomic E-state index is 0.0951. The van der Waals surface area contributed by atoms with Crippen molar-refractivity contribution in [1.29, 1.82) is 0 Å². The van der Waals surface area contributed by atoms with E-state index in [4.69, 9.17) is 4.74 Å². The summed E-state index contributed by atoms with van der Waals surface area (Å²) in [5, 5.41) is 0. The van der Waals surface area contributed by atoms with E-state index in [1.165, 1.54) is 11.3 Å². The molecule has 0 saturated carbocycles. The topological polar surface area (TPSA) is 36.0 Å². The maximum Gasteiger partial charge on any atom is 0.414 e. The van der Waals surface area contributed by atoms with Gasteiger partial charge >= 0.3 is 6.09 Å². The lowest BCUT2D eigenvalue weighted by Gasteiger charge is -2.32. The first-order chi connectivity index (χ1) is 10.4. The van der Waals surface area contributed by atoms with E-state index in [2.05, 4.69) is 36.9 Å². The number of rotatable bonds is 2. The number of carbonyl (C=O) groups is 1. The third-order valence-electron chi connectivity index (χ3n) is 5.29. The first-order valence-electron chi connectivity index (χ1n) is 7.89. The van der Waals surface area contributed by atoms with Crippen molar-refractivity contribution in [3.8, 4) is 5.75 Å². The number of anilines is 1. The van der Waals surface area contributed by atoms with Gasteiger partial charge in [-0.25, -0.2) is 4.79 Å². The van der Waals surface area contributed by atoms with Gasteiger partial charge in [-0.1, -0.05) is 6.92 Å². The fraction of sp³-hybridized carbons (Fsp3) is 0.588. The van der Waals surface area contributed by atoms with Crippen molar-refractivity contribution in [2.24, 2.45) is 0 Å². The Morgan fingerprint density at radius 2 is 2.18 bits per heavy atom. The second kappa shape index (κ2) is 5.16. The molecule has 1 saturated heterocycles. The van der Waals surface area contributed by atoms with Crippen LogP contribution in [0, 0.1) is 0 Å². The van der Waals surface area contributed by atoms with Gasteiger partial charge in [0.15, 0.2) is 0 Å². The number of hydrogen-bond donors (Lipinski definition) is 0. The third kappa shape index (κ3) is 2.07. The van der Waals surface area contributed by atoms with Crippen molar-refractivity contribution >= 4 is 11.8 Å². The predicted molar refractivity (Wildman–Crippen MR) is 87.6 cm³/mol. The Morgan fingerprint density at radius 1 is 1.45 bits per heavy atom. The summed E-state index contributed by atoms with van der Waals surface area (Å²) in [7, 11) is 6.06. The van der Waals surface area contributed by atoms with E-state index in [-0.39, 0.29) is 11.5 Å². The first-order valence-corrected chi connectivity index (χ1v) is 7.89. The molecule has 2 atom stereocenters. The van der Waals surface area contributed by atoms with E-state index in [0.29, 0.717) is 18.5 Å². The Bertz CT molecular complexity index is 604. The summed E-state index contributed by atoms with van der Waals surface area (Å²) < 4.78 is 5.50. The molecule has 2 aliphatic heterocycles. The van der Waals surface area contributed by atoms with Gasteiger partial charge in [-0.3, -0.25) is 4.90 Å². The van der Waals surface area contributed by atoms with Crippen LogP contribution in [0.4, 0.5) is 10.5 Å². The van der Waals surface area contributed by atoms with Crippen LogP contribution in [0.1, 0.15) is 25.8 Å². The molecule has 0 N–H and O–H groups in total. The van der Waals surface area contributed by atoms with Gasteiger partial charge in [0.2, 0.25) is 0 Å². The fourth-order valence-corrected chi connectivity index (χ4v) is 3.93. The first kappa shape index (κ1) is 15.2. The number of benzene rings is 1. The number of carbonyl (C=O) groups excluding carboxylic acids is 1. The predicted octanol–water partition coefficient (Wildman–Crippen LogP) is 2.51. The van der Waals surface area contributed by atoms with Crippen LogP contribution in [0.5, 0.6) is 5.75 Å². The molecule has 120 valence electrons. The number of amides is 1. The van der Waals surface area contributed by atoms with Crippen molar-refractivity contribution in [2.45, 2.75) is 31.8 Å². The average Bonchev–Trinajstić information content (AvgIpc) is 2.92. The molecule has 0 spiro atoms. The maximum atomic E-state index is 12.0. The summed E-state index contributed by atoms with van der Waals surface area (Å²) >= 11 is 0. The molecular formula is C17H25N3O2. The van der Waals surface area contributed by atoms with Gasteiger partial charge < -0.3 is 14.5 Å². The third-order valence-corrected chi connectivity index (χ3v) is 5.29. The highest BCUT2D eigenvalue weighted by Gasteiger charge is 2.52. The molecule has 0 radical (unpaired) electrons. The minimum atomic E-state index is -0.306. The van der Waals surface area contributed by atoms with Crippen LogP contribution in [-0.4, -0.2) is 56.3 Å². The summed E-state index contributed by atoms with van der Waals surface area (Å²) in [4.78, 5) is 18.3. The fourth-order valence-electron chi connectivity index (χ4n) is 3.93. The highest BCUT2D eigenvalue weighted by atomic mass is 16.6. The quantitative estimate of drug-likeness (QED) is 0.841. The van der Waals surface area contributed by atoms with E-state index in [1.807, 2.05) is 19.1 Å². The van der Waals surface area contributed by atoms with E-state index in [0.717, 1.165) is 13.0 Å². The molecule has 22 heavy (non-hydrogen) atoms. The molecule has 3 rings (SSSR count). The van der Waals surface area contributed by atoms with Gasteiger partial charge in [-0.05, 0) is 44.2 Å². The zero-order chi connectivity index (χ0) is 16.1. The number of fused-ring (bicyclic) bond motifs is 3. The van der Waals surface area contributed by atoms with E-state index in [9.17, 15) is 4.79 Å². The molecule has 0 aromatic heterocycles. The van der Waals surface area contributed by atoms with Crippen molar-refractivity contribution in [2.75, 3.05) is 39.1 Å². The molecule has 1 fully saturated rings. The van der Waals surface area contributed by atoms with Crippen molar-refractivity contribution in [3.63, 3.8) is 0 Å². The maximum absolute atomic E-state index is 12.0. The number of hydrogen-bond acceptors (Lipinski definition) is 4. The van der Waals surface area contributed by atoms with Crippen LogP contribution in [0.25, 0.3) is 0 Å². The van der Waals surface area contributed by atoms with Crippen molar-refractivity contribution in [3.05, 3.63) is 23.8 Å². The monoisotopic (exact) mass is 303 g/mol. The number of nitrogens with zero attached hydrogens (tertiary/aromatic N) is 3. The number of likely N-dealkylation sites (N-methyl/N-ethyl adjacent to an activating group) is 2.